The highest BCUT2D eigenvalue weighted by Gasteiger charge is 2.21. The predicted octanol–water partition coefficient (Wildman–Crippen LogP) is 3.51. The van der Waals surface area contributed by atoms with Crippen molar-refractivity contribution in [3.05, 3.63) is 88.0 Å². The topological polar surface area (TPSA) is 73.2 Å². The number of hydrogen-bond acceptors (Lipinski definition) is 4. The van der Waals surface area contributed by atoms with Crippen LogP contribution in [-0.4, -0.2) is 28.2 Å². The fourth-order valence-electron chi connectivity index (χ4n) is 2.71. The molecule has 3 rings (SSSR count). The Kier molecular flexibility index (Phi) is 6.61. The van der Waals surface area contributed by atoms with Gasteiger partial charge in [-0.05, 0) is 30.2 Å². The first kappa shape index (κ1) is 20.5. The molecule has 3 aromatic rings. The van der Waals surface area contributed by atoms with Gasteiger partial charge in [-0.1, -0.05) is 54.1 Å². The van der Waals surface area contributed by atoms with E-state index in [0.717, 1.165) is 11.1 Å². The SMILES string of the molecule is Cc1nn(Cc2ccc(F)cc2)c(Cl)c1C(=O)NCC(=O)OCc1ccccc1. The van der Waals surface area contributed by atoms with E-state index in [-0.39, 0.29) is 36.2 Å². The summed E-state index contributed by atoms with van der Waals surface area (Å²) in [5, 5.41) is 6.91. The fraction of sp³-hybridized carbons (Fsp3) is 0.190. The molecule has 0 bridgehead atoms. The summed E-state index contributed by atoms with van der Waals surface area (Å²) < 4.78 is 19.6. The summed E-state index contributed by atoms with van der Waals surface area (Å²) in [6.07, 6.45) is 0. The lowest BCUT2D eigenvalue weighted by atomic mass is 10.2. The molecule has 0 aliphatic rings. The fourth-order valence-corrected chi connectivity index (χ4v) is 3.03. The third-order valence-corrected chi connectivity index (χ3v) is 4.56. The zero-order valence-corrected chi connectivity index (χ0v) is 16.4. The second-order valence-electron chi connectivity index (χ2n) is 6.36. The lowest BCUT2D eigenvalue weighted by molar-refractivity contribution is -0.143. The van der Waals surface area contributed by atoms with Crippen molar-refractivity contribution in [3.8, 4) is 0 Å². The number of hydrogen-bond donors (Lipinski definition) is 1. The maximum absolute atomic E-state index is 13.0. The predicted molar refractivity (Wildman–Crippen MR) is 106 cm³/mol. The molecule has 0 fully saturated rings. The largest absolute Gasteiger partial charge is 0.460 e. The van der Waals surface area contributed by atoms with E-state index in [4.69, 9.17) is 16.3 Å². The van der Waals surface area contributed by atoms with E-state index in [1.54, 1.807) is 19.1 Å². The first-order chi connectivity index (χ1) is 13.9. The number of carbonyl (C=O) groups excluding carboxylic acids is 2. The van der Waals surface area contributed by atoms with Crippen molar-refractivity contribution in [1.29, 1.82) is 0 Å². The van der Waals surface area contributed by atoms with E-state index >= 15 is 0 Å². The van der Waals surface area contributed by atoms with Crippen LogP contribution < -0.4 is 5.32 Å². The second kappa shape index (κ2) is 9.34. The summed E-state index contributed by atoms with van der Waals surface area (Å²) in [5.41, 5.74) is 2.25. The van der Waals surface area contributed by atoms with Gasteiger partial charge in [-0.25, -0.2) is 9.07 Å². The number of ether oxygens (including phenoxy) is 1. The summed E-state index contributed by atoms with van der Waals surface area (Å²) in [5.74, 6) is -1.42. The van der Waals surface area contributed by atoms with Crippen molar-refractivity contribution >= 4 is 23.5 Å². The Labute approximate surface area is 172 Å². The third kappa shape index (κ3) is 5.42. The van der Waals surface area contributed by atoms with Gasteiger partial charge < -0.3 is 10.1 Å². The molecule has 0 unspecified atom stereocenters. The highest BCUT2D eigenvalue weighted by Crippen LogP contribution is 2.21. The smallest absolute Gasteiger partial charge is 0.325 e. The maximum Gasteiger partial charge on any atom is 0.325 e. The van der Waals surface area contributed by atoms with Crippen LogP contribution in [0.5, 0.6) is 0 Å². The molecular weight excluding hydrogens is 397 g/mol. The van der Waals surface area contributed by atoms with Gasteiger partial charge in [-0.3, -0.25) is 9.59 Å². The molecule has 0 saturated heterocycles. The Balaban J connectivity index is 1.58. The summed E-state index contributed by atoms with van der Waals surface area (Å²) in [4.78, 5) is 24.3. The molecule has 1 amide bonds. The minimum Gasteiger partial charge on any atom is -0.460 e. The minimum absolute atomic E-state index is 0.130. The molecule has 6 nitrogen and oxygen atoms in total. The molecule has 0 aliphatic heterocycles. The number of rotatable bonds is 7. The van der Waals surface area contributed by atoms with Gasteiger partial charge in [0.15, 0.2) is 0 Å². The van der Waals surface area contributed by atoms with Crippen LogP contribution >= 0.6 is 11.6 Å². The van der Waals surface area contributed by atoms with Crippen LogP contribution in [0.4, 0.5) is 4.39 Å². The van der Waals surface area contributed by atoms with Gasteiger partial charge >= 0.3 is 5.97 Å². The first-order valence-corrected chi connectivity index (χ1v) is 9.27. The van der Waals surface area contributed by atoms with Crippen molar-refractivity contribution in [2.45, 2.75) is 20.1 Å². The van der Waals surface area contributed by atoms with Crippen molar-refractivity contribution in [3.63, 3.8) is 0 Å². The maximum atomic E-state index is 13.0. The van der Waals surface area contributed by atoms with Crippen molar-refractivity contribution < 1.29 is 18.7 Å². The van der Waals surface area contributed by atoms with Crippen LogP contribution in [0.25, 0.3) is 0 Å². The summed E-state index contributed by atoms with van der Waals surface area (Å²) in [6, 6.07) is 15.2. The lowest BCUT2D eigenvalue weighted by Gasteiger charge is -2.07. The van der Waals surface area contributed by atoms with Crippen LogP contribution in [0.3, 0.4) is 0 Å². The van der Waals surface area contributed by atoms with E-state index in [1.807, 2.05) is 30.3 Å². The Hall–Kier alpha value is -3.19. The second-order valence-corrected chi connectivity index (χ2v) is 6.72. The van der Waals surface area contributed by atoms with Gasteiger partial charge in [0.1, 0.15) is 24.1 Å². The third-order valence-electron chi connectivity index (χ3n) is 4.17. The Bertz CT molecular complexity index is 1000. The standard InChI is InChI=1S/C21H19ClFN3O3/c1-14-19(20(22)26(25-14)12-15-7-9-17(23)10-8-15)21(28)24-11-18(27)29-13-16-5-3-2-4-6-16/h2-10H,11-13H2,1H3,(H,24,28). The van der Waals surface area contributed by atoms with Crippen molar-refractivity contribution in [1.82, 2.24) is 15.1 Å². The van der Waals surface area contributed by atoms with E-state index in [9.17, 15) is 14.0 Å². The summed E-state index contributed by atoms with van der Waals surface area (Å²) >= 11 is 6.31. The highest BCUT2D eigenvalue weighted by atomic mass is 35.5. The van der Waals surface area contributed by atoms with Crippen molar-refractivity contribution in [2.75, 3.05) is 6.54 Å². The number of aryl methyl sites for hydroxylation is 1. The molecule has 0 saturated carbocycles. The Morgan fingerprint density at radius 2 is 1.79 bits per heavy atom. The van der Waals surface area contributed by atoms with Gasteiger partial charge in [-0.2, -0.15) is 5.10 Å². The molecule has 0 radical (unpaired) electrons. The summed E-state index contributed by atoms with van der Waals surface area (Å²) in [7, 11) is 0. The van der Waals surface area contributed by atoms with Gasteiger partial charge in [0, 0.05) is 0 Å². The van der Waals surface area contributed by atoms with Gasteiger partial charge in [0.25, 0.3) is 5.91 Å². The normalized spacial score (nSPS) is 10.6. The minimum atomic E-state index is -0.560. The number of halogens is 2. The Morgan fingerprint density at radius 3 is 2.48 bits per heavy atom. The molecule has 150 valence electrons. The number of esters is 1. The number of carbonyl (C=O) groups is 2. The lowest BCUT2D eigenvalue weighted by Crippen LogP contribution is -2.31. The number of nitrogens with one attached hydrogen (secondary N) is 1. The van der Waals surface area contributed by atoms with E-state index in [1.165, 1.54) is 16.8 Å². The highest BCUT2D eigenvalue weighted by molar-refractivity contribution is 6.33. The zero-order valence-electron chi connectivity index (χ0n) is 15.7. The average Bonchev–Trinajstić information content (AvgIpc) is 3.00. The number of nitrogens with zero attached hydrogens (tertiary/aromatic N) is 2. The average molecular weight is 416 g/mol. The van der Waals surface area contributed by atoms with Crippen LogP contribution in [0.2, 0.25) is 5.15 Å². The van der Waals surface area contributed by atoms with E-state index in [2.05, 4.69) is 10.4 Å². The molecule has 2 aromatic carbocycles. The van der Waals surface area contributed by atoms with Crippen LogP contribution in [0.1, 0.15) is 27.2 Å². The Morgan fingerprint density at radius 1 is 1.10 bits per heavy atom. The summed E-state index contributed by atoms with van der Waals surface area (Å²) in [6.45, 7) is 1.78. The zero-order chi connectivity index (χ0) is 20.8. The monoisotopic (exact) mass is 415 g/mol. The number of amides is 1. The van der Waals surface area contributed by atoms with Crippen LogP contribution in [0, 0.1) is 12.7 Å². The van der Waals surface area contributed by atoms with Crippen LogP contribution in [-0.2, 0) is 22.7 Å². The quantitative estimate of drug-likeness (QED) is 0.599. The number of aromatic nitrogens is 2. The molecule has 1 N–H and O–H groups in total. The van der Waals surface area contributed by atoms with Gasteiger partial charge in [0.2, 0.25) is 0 Å². The molecular formula is C21H19ClFN3O3. The van der Waals surface area contributed by atoms with E-state index in [0.29, 0.717) is 5.69 Å². The first-order valence-electron chi connectivity index (χ1n) is 8.89. The van der Waals surface area contributed by atoms with Gasteiger partial charge in [-0.15, -0.1) is 0 Å². The molecule has 8 heteroatoms. The molecule has 0 spiro atoms. The van der Waals surface area contributed by atoms with Gasteiger partial charge in [0.05, 0.1) is 17.8 Å². The number of benzene rings is 2. The molecule has 1 heterocycles. The van der Waals surface area contributed by atoms with Crippen LogP contribution in [0.15, 0.2) is 54.6 Å². The molecule has 29 heavy (non-hydrogen) atoms. The van der Waals surface area contributed by atoms with Crippen molar-refractivity contribution in [2.24, 2.45) is 0 Å². The molecule has 1 aromatic heterocycles. The molecule has 0 aliphatic carbocycles. The molecule has 0 atom stereocenters. The van der Waals surface area contributed by atoms with E-state index < -0.39 is 11.9 Å².